The maximum absolute atomic E-state index is 12.9. The summed E-state index contributed by atoms with van der Waals surface area (Å²) in [5, 5.41) is 7.65. The van der Waals surface area contributed by atoms with Crippen molar-refractivity contribution in [2.45, 2.75) is 46.1 Å². The number of hydrogen-bond donors (Lipinski definition) is 1. The second-order valence-corrected chi connectivity index (χ2v) is 7.97. The Bertz CT molecular complexity index is 1070. The number of aromatic nitrogens is 3. The van der Waals surface area contributed by atoms with Crippen molar-refractivity contribution in [2.75, 3.05) is 13.2 Å². The third kappa shape index (κ3) is 5.45. The number of ether oxygens (including phenoxy) is 1. The molecule has 164 valence electrons. The summed E-state index contributed by atoms with van der Waals surface area (Å²) < 4.78 is 20.0. The van der Waals surface area contributed by atoms with Gasteiger partial charge in [0.05, 0.1) is 17.1 Å². The fraction of sp³-hybridized carbons (Fsp3) is 0.391. The minimum atomic E-state index is -0.591. The molecule has 0 radical (unpaired) electrons. The summed E-state index contributed by atoms with van der Waals surface area (Å²) in [5.74, 6) is -1.18. The molecule has 0 saturated carbocycles. The van der Waals surface area contributed by atoms with Gasteiger partial charge in [-0.1, -0.05) is 26.0 Å². The van der Waals surface area contributed by atoms with Crippen molar-refractivity contribution in [1.82, 2.24) is 20.1 Å². The van der Waals surface area contributed by atoms with Crippen LogP contribution in [0.2, 0.25) is 0 Å². The van der Waals surface area contributed by atoms with Crippen LogP contribution in [0.1, 0.15) is 61.3 Å². The zero-order chi connectivity index (χ0) is 22.5. The van der Waals surface area contributed by atoms with Gasteiger partial charge in [0, 0.05) is 18.3 Å². The van der Waals surface area contributed by atoms with Gasteiger partial charge in [0.25, 0.3) is 5.91 Å². The number of hydrogen-bond acceptors (Lipinski definition) is 5. The van der Waals surface area contributed by atoms with Gasteiger partial charge in [0.15, 0.2) is 12.3 Å². The molecular formula is C23H27FN4O3. The lowest BCUT2D eigenvalue weighted by Gasteiger charge is -2.12. The first-order chi connectivity index (χ1) is 14.8. The van der Waals surface area contributed by atoms with Crippen molar-refractivity contribution < 1.29 is 18.7 Å². The zero-order valence-corrected chi connectivity index (χ0v) is 18.2. The van der Waals surface area contributed by atoms with Crippen molar-refractivity contribution in [1.29, 1.82) is 0 Å². The molecule has 0 bridgehead atoms. The Labute approximate surface area is 180 Å². The number of nitrogens with zero attached hydrogens (tertiary/aromatic N) is 3. The number of carbonyl (C=O) groups excluding carboxylic acids is 2. The molecule has 1 amide bonds. The predicted molar refractivity (Wildman–Crippen MR) is 115 cm³/mol. The Balaban J connectivity index is 1.64. The van der Waals surface area contributed by atoms with Crippen LogP contribution in [-0.4, -0.2) is 39.8 Å². The fourth-order valence-corrected chi connectivity index (χ4v) is 3.14. The van der Waals surface area contributed by atoms with E-state index in [9.17, 15) is 14.0 Å². The van der Waals surface area contributed by atoms with E-state index in [1.165, 1.54) is 12.1 Å². The topological polar surface area (TPSA) is 86.1 Å². The van der Waals surface area contributed by atoms with Gasteiger partial charge in [0.1, 0.15) is 5.82 Å². The van der Waals surface area contributed by atoms with Gasteiger partial charge in [-0.3, -0.25) is 4.79 Å². The number of fused-ring (bicyclic) bond motifs is 1. The van der Waals surface area contributed by atoms with E-state index in [1.54, 1.807) is 29.1 Å². The van der Waals surface area contributed by atoms with Gasteiger partial charge < -0.3 is 10.1 Å². The average Bonchev–Trinajstić information content (AvgIpc) is 3.17. The Kier molecular flexibility index (Phi) is 6.99. The molecule has 0 aliphatic rings. The summed E-state index contributed by atoms with van der Waals surface area (Å²) >= 11 is 0. The van der Waals surface area contributed by atoms with Gasteiger partial charge in [0.2, 0.25) is 0 Å². The summed E-state index contributed by atoms with van der Waals surface area (Å²) in [6.07, 6.45) is 2.16. The third-order valence-corrected chi connectivity index (χ3v) is 4.87. The van der Waals surface area contributed by atoms with Gasteiger partial charge in [-0.05, 0) is 49.9 Å². The summed E-state index contributed by atoms with van der Waals surface area (Å²) in [6, 6.07) is 7.87. The molecule has 1 aromatic carbocycles. The number of benzene rings is 1. The van der Waals surface area contributed by atoms with Crippen molar-refractivity contribution in [3.05, 3.63) is 59.2 Å². The van der Waals surface area contributed by atoms with Crippen LogP contribution >= 0.6 is 0 Å². The first kappa shape index (κ1) is 22.4. The van der Waals surface area contributed by atoms with Crippen LogP contribution in [0.15, 0.2) is 36.5 Å². The first-order valence-electron chi connectivity index (χ1n) is 10.3. The van der Waals surface area contributed by atoms with E-state index < -0.39 is 11.9 Å². The number of esters is 1. The maximum Gasteiger partial charge on any atom is 0.339 e. The number of carbonyl (C=O) groups is 2. The van der Waals surface area contributed by atoms with Crippen molar-refractivity contribution in [3.63, 3.8) is 0 Å². The second kappa shape index (κ2) is 9.68. The van der Waals surface area contributed by atoms with Gasteiger partial charge in [-0.2, -0.15) is 5.10 Å². The Morgan fingerprint density at radius 2 is 1.87 bits per heavy atom. The van der Waals surface area contributed by atoms with Crippen molar-refractivity contribution in [3.8, 4) is 0 Å². The SMILES string of the molecule is CC(C)c1cc(C(=O)OCC(=O)NCCc2ccc(F)cc2)c2cnn(C(C)C)c2n1. The lowest BCUT2D eigenvalue weighted by atomic mass is 10.1. The second-order valence-electron chi connectivity index (χ2n) is 7.97. The quantitative estimate of drug-likeness (QED) is 0.554. The monoisotopic (exact) mass is 426 g/mol. The molecular weight excluding hydrogens is 399 g/mol. The van der Waals surface area contributed by atoms with E-state index in [-0.39, 0.29) is 24.4 Å². The largest absolute Gasteiger partial charge is 0.452 e. The van der Waals surface area contributed by atoms with Crippen LogP contribution < -0.4 is 5.32 Å². The Morgan fingerprint density at radius 3 is 2.52 bits per heavy atom. The molecule has 0 saturated heterocycles. The summed E-state index contributed by atoms with van der Waals surface area (Å²) in [5.41, 5.74) is 2.63. The molecule has 3 rings (SSSR count). The van der Waals surface area contributed by atoms with Gasteiger partial charge >= 0.3 is 5.97 Å². The molecule has 0 atom stereocenters. The van der Waals surface area contributed by atoms with Crippen LogP contribution in [-0.2, 0) is 16.0 Å². The summed E-state index contributed by atoms with van der Waals surface area (Å²) in [7, 11) is 0. The molecule has 8 heteroatoms. The smallest absolute Gasteiger partial charge is 0.339 e. The minimum absolute atomic E-state index is 0.0863. The molecule has 3 aromatic rings. The lowest BCUT2D eigenvalue weighted by molar-refractivity contribution is -0.124. The molecule has 0 unspecified atom stereocenters. The molecule has 2 aromatic heterocycles. The standard InChI is InChI=1S/C23H27FN4O3/c1-14(2)20-11-18(19-12-26-28(15(3)4)22(19)27-20)23(30)31-13-21(29)25-10-9-16-5-7-17(24)8-6-16/h5-8,11-12,14-15H,9-10,13H2,1-4H3,(H,25,29). The van der Waals surface area contributed by atoms with Crippen molar-refractivity contribution in [2.24, 2.45) is 0 Å². The molecule has 0 spiro atoms. The number of nitrogens with one attached hydrogen (secondary N) is 1. The van der Waals surface area contributed by atoms with Gasteiger partial charge in [-0.15, -0.1) is 0 Å². The van der Waals surface area contributed by atoms with Crippen molar-refractivity contribution >= 4 is 22.9 Å². The molecule has 0 fully saturated rings. The van der Waals surface area contributed by atoms with E-state index in [1.807, 2.05) is 27.7 Å². The lowest BCUT2D eigenvalue weighted by Crippen LogP contribution is -2.30. The van der Waals surface area contributed by atoms with Crippen LogP contribution in [0.5, 0.6) is 0 Å². The molecule has 7 nitrogen and oxygen atoms in total. The fourth-order valence-electron chi connectivity index (χ4n) is 3.14. The summed E-state index contributed by atoms with van der Waals surface area (Å²) in [6.45, 7) is 7.94. The van der Waals surface area contributed by atoms with Gasteiger partial charge in [-0.25, -0.2) is 18.9 Å². The summed E-state index contributed by atoms with van der Waals surface area (Å²) in [4.78, 5) is 29.5. The first-order valence-corrected chi connectivity index (χ1v) is 10.3. The van der Waals surface area contributed by atoms with E-state index in [4.69, 9.17) is 4.74 Å². The highest BCUT2D eigenvalue weighted by atomic mass is 19.1. The van der Waals surface area contributed by atoms with Crippen LogP contribution in [0.3, 0.4) is 0 Å². The number of amides is 1. The van der Waals surface area contributed by atoms with Crippen LogP contribution in [0.25, 0.3) is 11.0 Å². The molecule has 31 heavy (non-hydrogen) atoms. The van der Waals surface area contributed by atoms with E-state index in [0.29, 0.717) is 29.6 Å². The molecule has 2 heterocycles. The maximum atomic E-state index is 12.9. The van der Waals surface area contributed by atoms with E-state index in [0.717, 1.165) is 11.3 Å². The number of halogens is 1. The highest BCUT2D eigenvalue weighted by molar-refractivity contribution is 6.03. The third-order valence-electron chi connectivity index (χ3n) is 4.87. The minimum Gasteiger partial charge on any atom is -0.452 e. The predicted octanol–water partition coefficient (Wildman–Crippen LogP) is 3.79. The molecule has 0 aliphatic carbocycles. The zero-order valence-electron chi connectivity index (χ0n) is 18.2. The Morgan fingerprint density at radius 1 is 1.16 bits per heavy atom. The van der Waals surface area contributed by atoms with E-state index >= 15 is 0 Å². The van der Waals surface area contributed by atoms with Crippen LogP contribution in [0.4, 0.5) is 4.39 Å². The Hall–Kier alpha value is -3.29. The normalized spacial score (nSPS) is 11.3. The highest BCUT2D eigenvalue weighted by Gasteiger charge is 2.20. The molecule has 0 aliphatic heterocycles. The number of pyridine rings is 1. The van der Waals surface area contributed by atoms with E-state index in [2.05, 4.69) is 15.4 Å². The number of rotatable bonds is 8. The van der Waals surface area contributed by atoms with Crippen LogP contribution in [0, 0.1) is 5.82 Å². The average molecular weight is 426 g/mol. The highest BCUT2D eigenvalue weighted by Crippen LogP contribution is 2.24. The molecule has 1 N–H and O–H groups in total.